The molecule has 0 atom stereocenters. The van der Waals surface area contributed by atoms with Crippen LogP contribution in [-0.2, 0) is 11.2 Å². The van der Waals surface area contributed by atoms with Crippen molar-refractivity contribution in [1.82, 2.24) is 9.88 Å². The van der Waals surface area contributed by atoms with E-state index >= 15 is 0 Å². The van der Waals surface area contributed by atoms with Gasteiger partial charge in [0.25, 0.3) is 0 Å². The number of para-hydroxylation sites is 1. The summed E-state index contributed by atoms with van der Waals surface area (Å²) in [6, 6.07) is 8.21. The molecule has 0 fully saturated rings. The monoisotopic (exact) mass is 313 g/mol. The SMILES string of the molecule is CC/C(N)=C(\C(C)=O)c1[nH]c2ccccc2c1CCCN(C)C. The number of hydrogen-bond donors (Lipinski definition) is 2. The molecule has 3 N–H and O–H groups in total. The van der Waals surface area contributed by atoms with Crippen LogP contribution in [0.15, 0.2) is 30.0 Å². The van der Waals surface area contributed by atoms with Crippen LogP contribution in [0.1, 0.15) is 37.9 Å². The molecular formula is C19H27N3O. The maximum absolute atomic E-state index is 12.2. The van der Waals surface area contributed by atoms with Gasteiger partial charge in [0.1, 0.15) is 0 Å². The molecule has 124 valence electrons. The van der Waals surface area contributed by atoms with Gasteiger partial charge in [0.2, 0.25) is 0 Å². The third-order valence-electron chi connectivity index (χ3n) is 4.15. The molecule has 1 heterocycles. The summed E-state index contributed by atoms with van der Waals surface area (Å²) in [5, 5.41) is 1.18. The van der Waals surface area contributed by atoms with E-state index < -0.39 is 0 Å². The largest absolute Gasteiger partial charge is 0.401 e. The van der Waals surface area contributed by atoms with Crippen molar-refractivity contribution in [3.63, 3.8) is 0 Å². The molecule has 0 aliphatic heterocycles. The van der Waals surface area contributed by atoms with Gasteiger partial charge >= 0.3 is 0 Å². The number of hydrogen-bond acceptors (Lipinski definition) is 3. The summed E-state index contributed by atoms with van der Waals surface area (Å²) in [5.41, 5.74) is 10.6. The molecule has 23 heavy (non-hydrogen) atoms. The van der Waals surface area contributed by atoms with Gasteiger partial charge in [0, 0.05) is 16.6 Å². The first-order chi connectivity index (χ1) is 11.0. The van der Waals surface area contributed by atoms with Gasteiger partial charge in [-0.1, -0.05) is 25.1 Å². The number of aryl methyl sites for hydroxylation is 1. The number of benzene rings is 1. The van der Waals surface area contributed by atoms with E-state index in [4.69, 9.17) is 5.73 Å². The Kier molecular flexibility index (Phi) is 5.61. The maximum atomic E-state index is 12.2. The Morgan fingerprint density at radius 1 is 1.26 bits per heavy atom. The number of ketones is 1. The van der Waals surface area contributed by atoms with E-state index in [0.29, 0.717) is 17.7 Å². The Labute approximate surface area is 138 Å². The Balaban J connectivity index is 2.55. The van der Waals surface area contributed by atoms with Crippen molar-refractivity contribution in [3.8, 4) is 0 Å². The lowest BCUT2D eigenvalue weighted by Gasteiger charge is -2.12. The van der Waals surface area contributed by atoms with Gasteiger partial charge in [0.05, 0.1) is 11.3 Å². The number of aromatic nitrogens is 1. The van der Waals surface area contributed by atoms with E-state index in [-0.39, 0.29) is 5.78 Å². The van der Waals surface area contributed by atoms with Gasteiger partial charge in [-0.2, -0.15) is 0 Å². The minimum absolute atomic E-state index is 0.0183. The number of aromatic amines is 1. The van der Waals surface area contributed by atoms with Crippen molar-refractivity contribution < 1.29 is 4.79 Å². The van der Waals surface area contributed by atoms with Gasteiger partial charge in [-0.3, -0.25) is 4.79 Å². The fourth-order valence-corrected chi connectivity index (χ4v) is 2.98. The Bertz CT molecular complexity index is 725. The van der Waals surface area contributed by atoms with Crippen LogP contribution in [0.4, 0.5) is 0 Å². The van der Waals surface area contributed by atoms with E-state index in [9.17, 15) is 4.79 Å². The summed E-state index contributed by atoms with van der Waals surface area (Å²) in [5.74, 6) is 0.0183. The number of nitrogens with two attached hydrogens (primary N) is 1. The summed E-state index contributed by atoms with van der Waals surface area (Å²) in [6.07, 6.45) is 2.63. The molecule has 1 aromatic heterocycles. The lowest BCUT2D eigenvalue weighted by Crippen LogP contribution is -2.14. The molecule has 0 aliphatic carbocycles. The van der Waals surface area contributed by atoms with Crippen LogP contribution in [0.2, 0.25) is 0 Å². The third-order valence-corrected chi connectivity index (χ3v) is 4.15. The standard InChI is InChI=1S/C19H27N3O/c1-5-16(20)18(13(2)23)19-15(10-8-12-22(3)4)14-9-6-7-11-17(14)21-19/h6-7,9,11,21H,5,8,10,12,20H2,1-4H3/b18-16-. The van der Waals surface area contributed by atoms with E-state index in [2.05, 4.69) is 30.0 Å². The van der Waals surface area contributed by atoms with Gasteiger partial charge in [-0.25, -0.2) is 0 Å². The molecule has 0 spiro atoms. The highest BCUT2D eigenvalue weighted by Crippen LogP contribution is 2.30. The number of nitrogens with zero attached hydrogens (tertiary/aromatic N) is 1. The van der Waals surface area contributed by atoms with Gasteiger partial charge in [-0.05, 0) is 58.5 Å². The van der Waals surface area contributed by atoms with Crippen LogP contribution in [0, 0.1) is 0 Å². The predicted octanol–water partition coefficient (Wildman–Crippen LogP) is 3.33. The first-order valence-electron chi connectivity index (χ1n) is 8.20. The van der Waals surface area contributed by atoms with Crippen molar-refractivity contribution in [2.45, 2.75) is 33.1 Å². The van der Waals surface area contributed by atoms with E-state index in [1.165, 1.54) is 10.9 Å². The van der Waals surface area contributed by atoms with E-state index in [1.54, 1.807) is 6.92 Å². The molecule has 0 radical (unpaired) electrons. The number of allylic oxidation sites excluding steroid dienone is 2. The second-order valence-corrected chi connectivity index (χ2v) is 6.24. The average molecular weight is 313 g/mol. The second kappa shape index (κ2) is 7.47. The summed E-state index contributed by atoms with van der Waals surface area (Å²) in [7, 11) is 4.15. The van der Waals surface area contributed by atoms with Crippen LogP contribution < -0.4 is 5.73 Å². The van der Waals surface area contributed by atoms with Crippen molar-refractivity contribution in [1.29, 1.82) is 0 Å². The molecule has 0 saturated carbocycles. The summed E-state index contributed by atoms with van der Waals surface area (Å²) in [6.45, 7) is 4.58. The molecule has 4 nitrogen and oxygen atoms in total. The van der Waals surface area contributed by atoms with Crippen molar-refractivity contribution in [3.05, 3.63) is 41.2 Å². The number of carbonyl (C=O) groups is 1. The minimum Gasteiger partial charge on any atom is -0.401 e. The number of H-pyrrole nitrogens is 1. The van der Waals surface area contributed by atoms with Crippen LogP contribution >= 0.6 is 0 Å². The Morgan fingerprint density at radius 3 is 2.57 bits per heavy atom. The molecule has 0 saturated heterocycles. The van der Waals surface area contributed by atoms with Crippen LogP contribution in [0.3, 0.4) is 0 Å². The van der Waals surface area contributed by atoms with Crippen LogP contribution in [-0.4, -0.2) is 36.3 Å². The lowest BCUT2D eigenvalue weighted by atomic mass is 9.97. The fourth-order valence-electron chi connectivity index (χ4n) is 2.98. The smallest absolute Gasteiger partial charge is 0.163 e. The molecule has 4 heteroatoms. The number of fused-ring (bicyclic) bond motifs is 1. The topological polar surface area (TPSA) is 62.1 Å². The highest BCUT2D eigenvalue weighted by atomic mass is 16.1. The normalized spacial score (nSPS) is 12.7. The van der Waals surface area contributed by atoms with Gasteiger partial charge < -0.3 is 15.6 Å². The van der Waals surface area contributed by atoms with E-state index in [0.717, 1.165) is 30.6 Å². The van der Waals surface area contributed by atoms with Gasteiger partial charge in [0.15, 0.2) is 5.78 Å². The molecular weight excluding hydrogens is 286 g/mol. The average Bonchev–Trinajstić information content (AvgIpc) is 2.85. The van der Waals surface area contributed by atoms with Crippen LogP contribution in [0.5, 0.6) is 0 Å². The molecule has 1 aromatic carbocycles. The molecule has 0 amide bonds. The highest BCUT2D eigenvalue weighted by molar-refractivity contribution is 6.21. The zero-order chi connectivity index (χ0) is 17.0. The quantitative estimate of drug-likeness (QED) is 0.771. The number of carbonyl (C=O) groups excluding carboxylic acids is 1. The van der Waals surface area contributed by atoms with E-state index in [1.807, 2.05) is 25.1 Å². The first kappa shape index (κ1) is 17.3. The molecule has 0 bridgehead atoms. The van der Waals surface area contributed by atoms with Crippen LogP contribution in [0.25, 0.3) is 16.5 Å². The fraction of sp³-hybridized carbons (Fsp3) is 0.421. The Morgan fingerprint density at radius 2 is 1.96 bits per heavy atom. The zero-order valence-corrected chi connectivity index (χ0v) is 14.6. The molecule has 2 rings (SSSR count). The lowest BCUT2D eigenvalue weighted by molar-refractivity contribution is -0.111. The summed E-state index contributed by atoms with van der Waals surface area (Å²) in [4.78, 5) is 17.8. The number of rotatable bonds is 7. The van der Waals surface area contributed by atoms with Crippen molar-refractivity contribution in [2.75, 3.05) is 20.6 Å². The number of nitrogens with one attached hydrogen (secondary N) is 1. The summed E-state index contributed by atoms with van der Waals surface area (Å²) >= 11 is 0. The minimum atomic E-state index is 0.0183. The second-order valence-electron chi connectivity index (χ2n) is 6.24. The third kappa shape index (κ3) is 3.82. The Hall–Kier alpha value is -2.07. The molecule has 0 unspecified atom stereocenters. The van der Waals surface area contributed by atoms with Crippen molar-refractivity contribution >= 4 is 22.3 Å². The van der Waals surface area contributed by atoms with Crippen molar-refractivity contribution in [2.24, 2.45) is 5.73 Å². The van der Waals surface area contributed by atoms with Gasteiger partial charge in [-0.15, -0.1) is 0 Å². The predicted molar refractivity (Wildman–Crippen MR) is 97.3 cm³/mol. The number of Topliss-reactive ketones (excluding diaryl/α,β-unsaturated/α-hetero) is 1. The zero-order valence-electron chi connectivity index (χ0n) is 14.6. The first-order valence-corrected chi connectivity index (χ1v) is 8.20. The highest BCUT2D eigenvalue weighted by Gasteiger charge is 2.19. The molecule has 2 aromatic rings. The maximum Gasteiger partial charge on any atom is 0.163 e. The summed E-state index contributed by atoms with van der Waals surface area (Å²) < 4.78 is 0. The molecule has 0 aliphatic rings.